The van der Waals surface area contributed by atoms with Crippen molar-refractivity contribution in [2.75, 3.05) is 0 Å². The minimum atomic E-state index is -1.33. The molecule has 2 rings (SSSR count). The van der Waals surface area contributed by atoms with Crippen LogP contribution in [0.1, 0.15) is 61.8 Å². The summed E-state index contributed by atoms with van der Waals surface area (Å²) in [6.45, 7) is 12.1. The van der Waals surface area contributed by atoms with Gasteiger partial charge in [0.15, 0.2) is 6.29 Å². The number of carbonyl (C=O) groups excluding carboxylic acids is 3. The maximum atomic E-state index is 13.0. The third-order valence-corrected chi connectivity index (χ3v) is 7.77. The van der Waals surface area contributed by atoms with E-state index in [1.807, 2.05) is 0 Å². The number of rotatable bonds is 3. The first-order valence-corrected chi connectivity index (χ1v) is 13.3. The van der Waals surface area contributed by atoms with Crippen molar-refractivity contribution in [3.8, 4) is 0 Å². The molecule has 0 radical (unpaired) electrons. The summed E-state index contributed by atoms with van der Waals surface area (Å²) in [5.41, 5.74) is 0. The molecule has 2 heterocycles. The molecule has 2 fully saturated rings. The van der Waals surface area contributed by atoms with Crippen LogP contribution in [-0.4, -0.2) is 99.4 Å². The number of cyclic esters (lactones) is 2. The fourth-order valence-corrected chi connectivity index (χ4v) is 5.12. The average Bonchev–Trinajstić information content (AvgIpc) is 2.85. The van der Waals surface area contributed by atoms with E-state index in [9.17, 15) is 34.8 Å². The number of ether oxygens (including phenoxy) is 4. The number of nitrogens with one attached hydrogen (secondary N) is 1. The van der Waals surface area contributed by atoms with Gasteiger partial charge >= 0.3 is 11.9 Å². The number of hydrogen-bond acceptors (Lipinski definition) is 11. The van der Waals surface area contributed by atoms with Crippen molar-refractivity contribution in [2.45, 2.75) is 123 Å². The lowest BCUT2D eigenvalue weighted by Gasteiger charge is -2.42. The van der Waals surface area contributed by atoms with Gasteiger partial charge in [-0.15, -0.1) is 0 Å². The van der Waals surface area contributed by atoms with Crippen LogP contribution in [0.2, 0.25) is 0 Å². The van der Waals surface area contributed by atoms with Gasteiger partial charge in [0, 0.05) is 18.8 Å². The van der Waals surface area contributed by atoms with Crippen LogP contribution in [0.5, 0.6) is 0 Å². The second-order valence-electron chi connectivity index (χ2n) is 11.0. The molecule has 14 atom stereocenters. The van der Waals surface area contributed by atoms with Crippen LogP contribution in [0.15, 0.2) is 0 Å². The highest BCUT2D eigenvalue weighted by Gasteiger charge is 2.45. The maximum absolute atomic E-state index is 13.0. The summed E-state index contributed by atoms with van der Waals surface area (Å²) in [5.74, 6) is -5.65. The molecule has 2 saturated heterocycles. The molecule has 12 heteroatoms. The SMILES string of the molecule is CC(=O)N[C@H]1C[C@@H](C)O[C@@H](OC2[C@@H](C)[C@H](O)[C@@H](C)C(=O)O[C@H](C)C(O)[C@@H](C)[C@H](O)[C@@H](C)C(=O)O[C@@H]2C)[C@@H]1O. The monoisotopic (exact) mass is 547 g/mol. The number of amides is 1. The van der Waals surface area contributed by atoms with Crippen molar-refractivity contribution < 1.29 is 53.8 Å². The van der Waals surface area contributed by atoms with E-state index in [4.69, 9.17) is 18.9 Å². The molecule has 5 N–H and O–H groups in total. The van der Waals surface area contributed by atoms with E-state index in [1.165, 1.54) is 41.5 Å². The zero-order chi connectivity index (χ0) is 29.1. The predicted molar refractivity (Wildman–Crippen MR) is 133 cm³/mol. The smallest absolute Gasteiger partial charge is 0.311 e. The fourth-order valence-electron chi connectivity index (χ4n) is 5.12. The standard InChI is InChI=1S/C26H45NO11/c1-10-9-18(27-17(8)28)22(32)26(35-10)38-23-12(3)20(30)14(5)24(33)36-15(6)21(31)11(2)19(29)13(4)25(34)37-16(23)7/h10-16,18-23,26,29-32H,9H2,1-8H3,(H,27,28)/t10-,11+,12+,13-,14-,15-,16-,18+,19+,20+,21?,22-,23?,26+/m1/s1. The first kappa shape index (κ1) is 32.4. The summed E-state index contributed by atoms with van der Waals surface area (Å²) in [6.07, 6.45) is -9.57. The molecule has 2 aliphatic rings. The third kappa shape index (κ3) is 7.64. The molecule has 0 saturated carbocycles. The van der Waals surface area contributed by atoms with Crippen molar-refractivity contribution in [1.82, 2.24) is 5.32 Å². The van der Waals surface area contributed by atoms with Crippen LogP contribution in [0.25, 0.3) is 0 Å². The van der Waals surface area contributed by atoms with Gasteiger partial charge in [-0.1, -0.05) is 13.8 Å². The predicted octanol–water partition coefficient (Wildman–Crippen LogP) is -0.124. The van der Waals surface area contributed by atoms with Crippen LogP contribution in [0.3, 0.4) is 0 Å². The van der Waals surface area contributed by atoms with Crippen LogP contribution in [0.4, 0.5) is 0 Å². The number of carbonyl (C=O) groups is 3. The largest absolute Gasteiger partial charge is 0.460 e. The molecule has 2 aliphatic heterocycles. The molecule has 0 bridgehead atoms. The van der Waals surface area contributed by atoms with Crippen molar-refractivity contribution in [2.24, 2.45) is 23.7 Å². The molecule has 0 aromatic rings. The third-order valence-electron chi connectivity index (χ3n) is 7.77. The van der Waals surface area contributed by atoms with E-state index in [0.29, 0.717) is 6.42 Å². The van der Waals surface area contributed by atoms with Gasteiger partial charge in [-0.3, -0.25) is 14.4 Å². The van der Waals surface area contributed by atoms with Crippen molar-refractivity contribution in [3.63, 3.8) is 0 Å². The second-order valence-corrected chi connectivity index (χ2v) is 11.0. The Balaban J connectivity index is 2.41. The summed E-state index contributed by atoms with van der Waals surface area (Å²) < 4.78 is 23.0. The van der Waals surface area contributed by atoms with Gasteiger partial charge in [0.1, 0.15) is 24.4 Å². The Kier molecular flexibility index (Phi) is 11.5. The van der Waals surface area contributed by atoms with Crippen molar-refractivity contribution >= 4 is 17.8 Å². The zero-order valence-corrected chi connectivity index (χ0v) is 23.4. The molecule has 220 valence electrons. The van der Waals surface area contributed by atoms with E-state index in [1.54, 1.807) is 13.8 Å². The Labute approximate surface area is 224 Å². The maximum Gasteiger partial charge on any atom is 0.311 e. The number of esters is 2. The molecule has 1 amide bonds. The molecule has 0 aromatic heterocycles. The zero-order valence-electron chi connectivity index (χ0n) is 23.4. The van der Waals surface area contributed by atoms with Crippen molar-refractivity contribution in [1.29, 1.82) is 0 Å². The number of aliphatic hydroxyl groups excluding tert-OH is 4. The van der Waals surface area contributed by atoms with Crippen LogP contribution < -0.4 is 5.32 Å². The first-order valence-electron chi connectivity index (χ1n) is 13.3. The Morgan fingerprint density at radius 1 is 0.789 bits per heavy atom. The summed E-state index contributed by atoms with van der Waals surface area (Å²) in [7, 11) is 0. The van der Waals surface area contributed by atoms with E-state index in [-0.39, 0.29) is 5.91 Å². The summed E-state index contributed by atoms with van der Waals surface area (Å²) in [6, 6.07) is -0.656. The van der Waals surface area contributed by atoms with Gasteiger partial charge in [0.25, 0.3) is 0 Å². The lowest BCUT2D eigenvalue weighted by Crippen LogP contribution is -2.58. The van der Waals surface area contributed by atoms with E-state index in [2.05, 4.69) is 5.32 Å². The van der Waals surface area contributed by atoms with Gasteiger partial charge in [-0.2, -0.15) is 0 Å². The minimum absolute atomic E-state index is 0.334. The number of aliphatic hydroxyl groups is 4. The van der Waals surface area contributed by atoms with Crippen LogP contribution in [-0.2, 0) is 33.3 Å². The lowest BCUT2D eigenvalue weighted by molar-refractivity contribution is -0.281. The molecule has 0 aromatic carbocycles. The van der Waals surface area contributed by atoms with Crippen LogP contribution >= 0.6 is 0 Å². The summed E-state index contributed by atoms with van der Waals surface area (Å²) in [5, 5.41) is 46.0. The molecule has 12 nitrogen and oxygen atoms in total. The Hall–Kier alpha value is -1.83. The van der Waals surface area contributed by atoms with Gasteiger partial charge in [-0.05, 0) is 41.0 Å². The van der Waals surface area contributed by atoms with E-state index < -0.39 is 96.8 Å². The highest BCUT2D eigenvalue weighted by Crippen LogP contribution is 2.31. The molecular formula is C26H45NO11. The van der Waals surface area contributed by atoms with E-state index in [0.717, 1.165) is 0 Å². The van der Waals surface area contributed by atoms with Crippen molar-refractivity contribution in [3.05, 3.63) is 0 Å². The molecule has 0 aliphatic carbocycles. The summed E-state index contributed by atoms with van der Waals surface area (Å²) >= 11 is 0. The molecular weight excluding hydrogens is 502 g/mol. The van der Waals surface area contributed by atoms with Gasteiger partial charge in [0.05, 0.1) is 42.3 Å². The Bertz CT molecular complexity index is 825. The van der Waals surface area contributed by atoms with Gasteiger partial charge in [-0.25, -0.2) is 0 Å². The quantitative estimate of drug-likeness (QED) is 0.297. The normalized spacial score (nSPS) is 45.9. The highest BCUT2D eigenvalue weighted by molar-refractivity contribution is 5.74. The van der Waals surface area contributed by atoms with Crippen LogP contribution in [0, 0.1) is 23.7 Å². The molecule has 38 heavy (non-hydrogen) atoms. The second kappa shape index (κ2) is 13.5. The molecule has 2 unspecified atom stereocenters. The molecule has 0 spiro atoms. The highest BCUT2D eigenvalue weighted by atomic mass is 16.7. The topological polar surface area (TPSA) is 181 Å². The average molecular weight is 548 g/mol. The Morgan fingerprint density at radius 3 is 1.82 bits per heavy atom. The van der Waals surface area contributed by atoms with Gasteiger partial charge in [0.2, 0.25) is 5.91 Å². The van der Waals surface area contributed by atoms with Gasteiger partial charge < -0.3 is 44.7 Å². The minimum Gasteiger partial charge on any atom is -0.460 e. The first-order chi connectivity index (χ1) is 17.6. The Morgan fingerprint density at radius 2 is 1.29 bits per heavy atom. The number of hydrogen-bond donors (Lipinski definition) is 5. The fraction of sp³-hybridized carbons (Fsp3) is 0.885. The lowest BCUT2D eigenvalue weighted by atomic mass is 9.85. The van der Waals surface area contributed by atoms with E-state index >= 15 is 0 Å². The summed E-state index contributed by atoms with van der Waals surface area (Å²) in [4.78, 5) is 37.4.